The average molecular weight is 313 g/mol. The Kier molecular flexibility index (Phi) is 14.1. The molecule has 0 rings (SSSR count). The van der Waals surface area contributed by atoms with Crippen molar-refractivity contribution in [1.82, 2.24) is 0 Å². The van der Waals surface area contributed by atoms with E-state index in [0.29, 0.717) is 0 Å². The van der Waals surface area contributed by atoms with Crippen LogP contribution in [0.1, 0.15) is 12.8 Å². The summed E-state index contributed by atoms with van der Waals surface area (Å²) in [7, 11) is -0.718. The molecule has 0 amide bonds. The van der Waals surface area contributed by atoms with Crippen molar-refractivity contribution in [2.24, 2.45) is 0 Å². The van der Waals surface area contributed by atoms with E-state index in [1.54, 1.807) is 0 Å². The summed E-state index contributed by atoms with van der Waals surface area (Å²) >= 11 is 6.44. The van der Waals surface area contributed by atoms with Crippen molar-refractivity contribution in [2.75, 3.05) is 0 Å². The minimum Gasteiger partial charge on any atom is -0.280 e. The summed E-state index contributed by atoms with van der Waals surface area (Å²) in [6.45, 7) is 11.0. The van der Waals surface area contributed by atoms with Crippen molar-refractivity contribution in [3.05, 3.63) is 6.92 Å². The van der Waals surface area contributed by atoms with E-state index in [-0.39, 0.29) is 16.0 Å². The molecular formula is C7H17Br2MgSi. The first-order chi connectivity index (χ1) is 4.97. The van der Waals surface area contributed by atoms with Crippen LogP contribution in [0.4, 0.5) is 0 Å². The fraction of sp³-hybridized carbons (Fsp3) is 0.857. The van der Waals surface area contributed by atoms with Gasteiger partial charge >= 0.3 is 16.0 Å². The highest BCUT2D eigenvalue weighted by molar-refractivity contribution is 9.47. The van der Waals surface area contributed by atoms with Gasteiger partial charge in [-0.3, -0.25) is 25.8 Å². The fourth-order valence-electron chi connectivity index (χ4n) is 0.655. The van der Waals surface area contributed by atoms with Gasteiger partial charge in [-0.05, 0) is 0 Å². The molecule has 0 aromatic rings. The van der Waals surface area contributed by atoms with Crippen LogP contribution >= 0.6 is 25.8 Å². The van der Waals surface area contributed by atoms with Gasteiger partial charge in [0.2, 0.25) is 0 Å². The van der Waals surface area contributed by atoms with Gasteiger partial charge < -0.3 is 0 Å². The summed E-state index contributed by atoms with van der Waals surface area (Å²) in [6.07, 6.45) is 2.44. The summed E-state index contributed by atoms with van der Waals surface area (Å²) in [4.78, 5) is 0. The van der Waals surface area contributed by atoms with Crippen molar-refractivity contribution in [2.45, 2.75) is 38.5 Å². The van der Waals surface area contributed by atoms with Crippen LogP contribution in [0.15, 0.2) is 0 Å². The molecule has 0 fully saturated rings. The first-order valence-electron chi connectivity index (χ1n) is 3.89. The van der Waals surface area contributed by atoms with Gasteiger partial charge in [0.1, 0.15) is 0 Å². The van der Waals surface area contributed by atoms with E-state index in [1.165, 1.54) is 12.5 Å². The zero-order valence-corrected chi connectivity index (χ0v) is 13.4. The van der Waals surface area contributed by atoms with Crippen LogP contribution in [0.2, 0.25) is 25.7 Å². The summed E-state index contributed by atoms with van der Waals surface area (Å²) in [5.74, 6) is 0. The third kappa shape index (κ3) is 24.5. The summed E-state index contributed by atoms with van der Waals surface area (Å²) in [5, 5.41) is 0. The Morgan fingerprint density at radius 3 is 1.73 bits per heavy atom. The average Bonchev–Trinajstić information content (AvgIpc) is 1.84. The van der Waals surface area contributed by atoms with E-state index in [4.69, 9.17) is 0 Å². The van der Waals surface area contributed by atoms with Crippen LogP contribution < -0.4 is 0 Å². The van der Waals surface area contributed by atoms with Gasteiger partial charge in [-0.1, -0.05) is 45.5 Å². The maximum atomic E-state index is 3.81. The van der Waals surface area contributed by atoms with Crippen molar-refractivity contribution < 1.29 is 0 Å². The molecule has 0 spiro atoms. The number of unbranched alkanes of at least 4 members (excludes halogenated alkanes) is 1. The van der Waals surface area contributed by atoms with E-state index >= 15 is 0 Å². The minimum absolute atomic E-state index is 0.0417. The molecule has 0 N–H and O–H groups in total. The smallest absolute Gasteiger partial charge is 0.280 e. The van der Waals surface area contributed by atoms with Crippen LogP contribution in [0.25, 0.3) is 0 Å². The lowest BCUT2D eigenvalue weighted by atomic mass is 10.4. The molecule has 65 valence electrons. The first-order valence-corrected chi connectivity index (χ1v) is 15.4. The second-order valence-electron chi connectivity index (χ2n) is 3.62. The number of hydrogen-bond donors (Lipinski definition) is 0. The Bertz CT molecular complexity index is 73.3. The van der Waals surface area contributed by atoms with Gasteiger partial charge in [0.15, 0.2) is 0 Å². The topological polar surface area (TPSA) is 0 Å². The maximum Gasteiger partial charge on any atom is 0.560 e. The summed E-state index contributed by atoms with van der Waals surface area (Å²) < 4.78 is 0. The second kappa shape index (κ2) is 10.0. The van der Waals surface area contributed by atoms with Crippen molar-refractivity contribution in [3.8, 4) is 0 Å². The molecule has 0 saturated heterocycles. The molecule has 0 bridgehead atoms. The number of halogens is 2. The van der Waals surface area contributed by atoms with E-state index in [0.717, 1.165) is 6.42 Å². The minimum atomic E-state index is -0.718. The molecule has 0 aromatic heterocycles. The zero-order chi connectivity index (χ0) is 9.33. The Balaban J connectivity index is 0. The van der Waals surface area contributed by atoms with Gasteiger partial charge in [-0.15, -0.1) is 0 Å². The third-order valence-electron chi connectivity index (χ3n) is 1.18. The fourth-order valence-corrected chi connectivity index (χ4v) is 1.97. The van der Waals surface area contributed by atoms with Crippen molar-refractivity contribution >= 4 is 49.9 Å². The highest BCUT2D eigenvalue weighted by atomic mass is 79.9. The molecule has 0 unspecified atom stereocenters. The predicted octanol–water partition coefficient (Wildman–Crippen LogP) is 4.25. The van der Waals surface area contributed by atoms with E-state index in [9.17, 15) is 0 Å². The second-order valence-corrected chi connectivity index (χ2v) is 17.3. The predicted molar refractivity (Wildman–Crippen MR) is 66.4 cm³/mol. The maximum absolute atomic E-state index is 3.81. The Labute approximate surface area is 94.4 Å². The first kappa shape index (κ1) is 15.4. The van der Waals surface area contributed by atoms with Crippen LogP contribution in [-0.4, -0.2) is 24.1 Å². The van der Waals surface area contributed by atoms with E-state index < -0.39 is 8.07 Å². The Morgan fingerprint density at radius 2 is 1.64 bits per heavy atom. The van der Waals surface area contributed by atoms with Crippen LogP contribution in [0, 0.1) is 6.92 Å². The molecule has 4 heteroatoms. The van der Waals surface area contributed by atoms with Gasteiger partial charge in [0, 0.05) is 8.07 Å². The molecular weight excluding hydrogens is 296 g/mol. The molecule has 0 aliphatic rings. The molecule has 11 heavy (non-hydrogen) atoms. The van der Waals surface area contributed by atoms with Gasteiger partial charge in [0.25, 0.3) is 0 Å². The number of rotatable bonds is 3. The molecule has 0 aromatic carbocycles. The molecule has 0 nitrogen and oxygen atoms in total. The lowest BCUT2D eigenvalue weighted by Gasteiger charge is -2.13. The third-order valence-corrected chi connectivity index (χ3v) is 3.03. The highest BCUT2D eigenvalue weighted by Crippen LogP contribution is 2.11. The van der Waals surface area contributed by atoms with Crippen LogP contribution in [0.3, 0.4) is 0 Å². The van der Waals surface area contributed by atoms with E-state index in [1.807, 2.05) is 0 Å². The molecule has 0 aliphatic carbocycles. The quantitative estimate of drug-likeness (QED) is 0.683. The molecule has 0 heterocycles. The van der Waals surface area contributed by atoms with Crippen LogP contribution in [0.5, 0.6) is 0 Å². The Hall–Kier alpha value is 1.94. The van der Waals surface area contributed by atoms with Crippen LogP contribution in [-0.2, 0) is 0 Å². The van der Waals surface area contributed by atoms with Crippen molar-refractivity contribution in [3.63, 3.8) is 0 Å². The Morgan fingerprint density at radius 1 is 1.27 bits per heavy atom. The normalized spacial score (nSPS) is 9.64. The molecule has 0 aliphatic heterocycles. The van der Waals surface area contributed by atoms with Gasteiger partial charge in [-0.25, -0.2) is 0 Å². The molecule has 0 saturated carbocycles. The summed E-state index contributed by atoms with van der Waals surface area (Å²) in [6, 6.07) is 1.44. The lowest BCUT2D eigenvalue weighted by molar-refractivity contribution is 0.932. The SMILES string of the molecule is [Br][Mg][Br].[CH2]CCC[Si](C)(C)C. The molecule has 1 radical (unpaired) electrons. The standard InChI is InChI=1S/C7H17Si.2BrH.Mg/c1-5-6-7-8(2,3)4;;;/h1,5-7H2,2-4H3;2*1H;/q;;;+2/p-2. The van der Waals surface area contributed by atoms with E-state index in [2.05, 4.69) is 52.3 Å². The van der Waals surface area contributed by atoms with Crippen molar-refractivity contribution in [1.29, 1.82) is 0 Å². The summed E-state index contributed by atoms with van der Waals surface area (Å²) in [5.41, 5.74) is 0. The highest BCUT2D eigenvalue weighted by Gasteiger charge is 2.10. The number of hydrogen-bond acceptors (Lipinski definition) is 0. The van der Waals surface area contributed by atoms with Gasteiger partial charge in [0.05, 0.1) is 0 Å². The zero-order valence-electron chi connectivity index (χ0n) is 7.79. The monoisotopic (exact) mass is 311 g/mol. The molecule has 0 atom stereocenters. The largest absolute Gasteiger partial charge is 0.560 e. The van der Waals surface area contributed by atoms with Gasteiger partial charge in [-0.2, -0.15) is 0 Å². The lowest BCUT2D eigenvalue weighted by Crippen LogP contribution is -2.18.